The van der Waals surface area contributed by atoms with Crippen molar-refractivity contribution in [2.45, 2.75) is 31.2 Å². The molecule has 1 aromatic rings. The first-order valence-corrected chi connectivity index (χ1v) is 7.65. The number of nitrogens with one attached hydrogen (secondary N) is 2. The summed E-state index contributed by atoms with van der Waals surface area (Å²) in [7, 11) is -3.46. The average molecular weight is 283 g/mol. The summed E-state index contributed by atoms with van der Waals surface area (Å²) in [4.78, 5) is 0.205. The zero-order valence-electron chi connectivity index (χ0n) is 11.3. The van der Waals surface area contributed by atoms with Gasteiger partial charge in [-0.25, -0.2) is 13.1 Å². The molecule has 1 aromatic carbocycles. The fourth-order valence-corrected chi connectivity index (χ4v) is 2.74. The minimum Gasteiger partial charge on any atom is -0.397 e. The number of anilines is 2. The summed E-state index contributed by atoms with van der Waals surface area (Å²) in [6.07, 6.45) is 2.57. The number of nitrogens with two attached hydrogens (primary N) is 1. The summed E-state index contributed by atoms with van der Waals surface area (Å²) in [5, 5.41) is 3.18. The van der Waals surface area contributed by atoms with Gasteiger partial charge in [0.05, 0.1) is 16.3 Å². The molecule has 6 heteroatoms. The van der Waals surface area contributed by atoms with Crippen molar-refractivity contribution < 1.29 is 8.42 Å². The number of sulfonamides is 1. The van der Waals surface area contributed by atoms with Gasteiger partial charge in [0.2, 0.25) is 10.0 Å². The smallest absolute Gasteiger partial charge is 0.240 e. The lowest BCUT2D eigenvalue weighted by atomic mass is 10.2. The van der Waals surface area contributed by atoms with Gasteiger partial charge < -0.3 is 11.1 Å². The van der Waals surface area contributed by atoms with Crippen LogP contribution in [0.1, 0.15) is 20.3 Å². The highest BCUT2D eigenvalue weighted by Crippen LogP contribution is 2.23. The van der Waals surface area contributed by atoms with E-state index in [1.807, 2.05) is 6.92 Å². The number of hydrogen-bond acceptors (Lipinski definition) is 4. The maximum absolute atomic E-state index is 11.9. The van der Waals surface area contributed by atoms with Crippen LogP contribution >= 0.6 is 0 Å². The highest BCUT2D eigenvalue weighted by Gasteiger charge is 2.14. The Morgan fingerprint density at radius 1 is 1.47 bits per heavy atom. The summed E-state index contributed by atoms with van der Waals surface area (Å²) in [6.45, 7) is 7.73. The first kappa shape index (κ1) is 15.5. The van der Waals surface area contributed by atoms with Crippen LogP contribution in [0.5, 0.6) is 0 Å². The lowest BCUT2D eigenvalue weighted by Gasteiger charge is -2.16. The first-order chi connectivity index (χ1) is 8.90. The summed E-state index contributed by atoms with van der Waals surface area (Å²) in [5.41, 5.74) is 6.99. The van der Waals surface area contributed by atoms with Gasteiger partial charge in [0.1, 0.15) is 0 Å². The van der Waals surface area contributed by atoms with Gasteiger partial charge in [-0.2, -0.15) is 0 Å². The highest BCUT2D eigenvalue weighted by atomic mass is 32.2. The van der Waals surface area contributed by atoms with Crippen molar-refractivity contribution in [1.82, 2.24) is 4.72 Å². The Morgan fingerprint density at radius 3 is 2.74 bits per heavy atom. The third-order valence-corrected chi connectivity index (χ3v) is 4.13. The van der Waals surface area contributed by atoms with Crippen LogP contribution in [0.25, 0.3) is 0 Å². The van der Waals surface area contributed by atoms with E-state index in [4.69, 9.17) is 5.73 Å². The molecule has 1 rings (SSSR count). The molecule has 0 aromatic heterocycles. The van der Waals surface area contributed by atoms with Crippen LogP contribution in [-0.4, -0.2) is 21.0 Å². The maximum Gasteiger partial charge on any atom is 0.240 e. The number of nitrogen functional groups attached to an aromatic ring is 1. The van der Waals surface area contributed by atoms with Crippen molar-refractivity contribution >= 4 is 21.4 Å². The molecule has 19 heavy (non-hydrogen) atoms. The van der Waals surface area contributed by atoms with Crippen LogP contribution in [0.2, 0.25) is 0 Å². The van der Waals surface area contributed by atoms with E-state index in [-0.39, 0.29) is 10.9 Å². The second-order valence-electron chi connectivity index (χ2n) is 4.32. The Bertz CT molecular complexity index is 541. The molecule has 0 amide bonds. The fourth-order valence-electron chi connectivity index (χ4n) is 1.68. The molecule has 0 saturated carbocycles. The molecule has 0 heterocycles. The zero-order chi connectivity index (χ0) is 14.5. The Balaban J connectivity index is 3.04. The van der Waals surface area contributed by atoms with Crippen LogP contribution in [0.15, 0.2) is 35.7 Å². The first-order valence-electron chi connectivity index (χ1n) is 6.17. The molecule has 1 atom stereocenters. The van der Waals surface area contributed by atoms with Crippen LogP contribution in [0, 0.1) is 0 Å². The SMILES string of the molecule is C=CCC(C)Nc1cc(S(=O)(=O)NCC)ccc1N. The molecule has 0 bridgehead atoms. The predicted octanol–water partition coefficient (Wildman–Crippen LogP) is 1.94. The summed E-state index contributed by atoms with van der Waals surface area (Å²) < 4.78 is 26.3. The minimum absolute atomic E-state index is 0.136. The van der Waals surface area contributed by atoms with Crippen molar-refractivity contribution in [2.24, 2.45) is 0 Å². The quantitative estimate of drug-likeness (QED) is 0.527. The second kappa shape index (κ2) is 6.58. The molecule has 0 aliphatic carbocycles. The van der Waals surface area contributed by atoms with E-state index < -0.39 is 10.0 Å². The third kappa shape index (κ3) is 4.25. The molecule has 0 fully saturated rings. The van der Waals surface area contributed by atoms with Gasteiger partial charge in [-0.05, 0) is 31.5 Å². The van der Waals surface area contributed by atoms with Crippen molar-refractivity contribution in [3.05, 3.63) is 30.9 Å². The molecule has 5 nitrogen and oxygen atoms in total. The number of benzene rings is 1. The molecule has 106 valence electrons. The summed E-state index contributed by atoms with van der Waals surface area (Å²) in [6, 6.07) is 4.77. The summed E-state index contributed by atoms with van der Waals surface area (Å²) in [5.74, 6) is 0. The lowest BCUT2D eigenvalue weighted by Crippen LogP contribution is -2.23. The van der Waals surface area contributed by atoms with E-state index in [0.29, 0.717) is 17.9 Å². The van der Waals surface area contributed by atoms with E-state index in [1.54, 1.807) is 25.1 Å². The number of rotatable bonds is 7. The Kier molecular flexibility index (Phi) is 5.38. The number of hydrogen-bond donors (Lipinski definition) is 3. The van der Waals surface area contributed by atoms with Gasteiger partial charge in [-0.1, -0.05) is 13.0 Å². The van der Waals surface area contributed by atoms with Crippen LogP contribution < -0.4 is 15.8 Å². The van der Waals surface area contributed by atoms with Crippen molar-refractivity contribution in [2.75, 3.05) is 17.6 Å². The fraction of sp³-hybridized carbons (Fsp3) is 0.385. The Labute approximate surface area is 114 Å². The van der Waals surface area contributed by atoms with E-state index in [0.717, 1.165) is 6.42 Å². The normalized spacial score (nSPS) is 12.9. The third-order valence-electron chi connectivity index (χ3n) is 2.59. The molecule has 0 spiro atoms. The summed E-state index contributed by atoms with van der Waals surface area (Å²) >= 11 is 0. The monoisotopic (exact) mass is 283 g/mol. The standard InChI is InChI=1S/C13H21N3O2S/c1-4-6-10(3)16-13-9-11(7-8-12(13)14)19(17,18)15-5-2/h4,7-10,15-16H,1,5-6,14H2,2-3H3. The topological polar surface area (TPSA) is 84.2 Å². The molecular formula is C13H21N3O2S. The Hall–Kier alpha value is -1.53. The molecule has 0 aliphatic heterocycles. The van der Waals surface area contributed by atoms with Gasteiger partial charge in [-0.3, -0.25) is 0 Å². The zero-order valence-corrected chi connectivity index (χ0v) is 12.1. The van der Waals surface area contributed by atoms with Gasteiger partial charge in [0, 0.05) is 12.6 Å². The van der Waals surface area contributed by atoms with Crippen LogP contribution in [0.3, 0.4) is 0 Å². The van der Waals surface area contributed by atoms with Crippen LogP contribution in [0.4, 0.5) is 11.4 Å². The van der Waals surface area contributed by atoms with Gasteiger partial charge >= 0.3 is 0 Å². The van der Waals surface area contributed by atoms with Crippen LogP contribution in [-0.2, 0) is 10.0 Å². The van der Waals surface area contributed by atoms with Gasteiger partial charge in [0.25, 0.3) is 0 Å². The second-order valence-corrected chi connectivity index (χ2v) is 6.09. The maximum atomic E-state index is 11.9. The molecule has 0 saturated heterocycles. The van der Waals surface area contributed by atoms with Crippen molar-refractivity contribution in [3.63, 3.8) is 0 Å². The highest BCUT2D eigenvalue weighted by molar-refractivity contribution is 7.89. The van der Waals surface area contributed by atoms with E-state index in [2.05, 4.69) is 16.6 Å². The largest absolute Gasteiger partial charge is 0.397 e. The van der Waals surface area contributed by atoms with E-state index in [1.165, 1.54) is 6.07 Å². The average Bonchev–Trinajstić information content (AvgIpc) is 2.32. The lowest BCUT2D eigenvalue weighted by molar-refractivity contribution is 0.584. The molecular weight excluding hydrogens is 262 g/mol. The van der Waals surface area contributed by atoms with E-state index in [9.17, 15) is 8.42 Å². The van der Waals surface area contributed by atoms with Gasteiger partial charge in [0.15, 0.2) is 0 Å². The molecule has 0 radical (unpaired) electrons. The predicted molar refractivity (Wildman–Crippen MR) is 79.6 cm³/mol. The van der Waals surface area contributed by atoms with Gasteiger partial charge in [-0.15, -0.1) is 6.58 Å². The van der Waals surface area contributed by atoms with E-state index >= 15 is 0 Å². The molecule has 4 N–H and O–H groups in total. The Morgan fingerprint density at radius 2 is 2.16 bits per heavy atom. The minimum atomic E-state index is -3.46. The molecule has 1 unspecified atom stereocenters. The van der Waals surface area contributed by atoms with Crippen molar-refractivity contribution in [3.8, 4) is 0 Å². The molecule has 0 aliphatic rings. The van der Waals surface area contributed by atoms with Crippen molar-refractivity contribution in [1.29, 1.82) is 0 Å².